The Labute approximate surface area is 166 Å². The quantitative estimate of drug-likeness (QED) is 0.711. The minimum atomic E-state index is -4.87. The lowest BCUT2D eigenvalue weighted by atomic mass is 9.72. The summed E-state index contributed by atoms with van der Waals surface area (Å²) in [6.07, 6.45) is -1.55. The van der Waals surface area contributed by atoms with Crippen LogP contribution in [-0.4, -0.2) is 28.5 Å². The molecule has 2 aliphatic heterocycles. The Morgan fingerprint density at radius 1 is 1.03 bits per heavy atom. The smallest absolute Gasteiger partial charge is 0.406 e. The zero-order valence-electron chi connectivity index (χ0n) is 15.8. The monoisotopic (exact) mass is 409 g/mol. The van der Waals surface area contributed by atoms with E-state index in [9.17, 15) is 22.7 Å². The van der Waals surface area contributed by atoms with E-state index in [0.717, 1.165) is 44.0 Å². The number of rotatable bonds is 4. The van der Waals surface area contributed by atoms with Gasteiger partial charge in [-0.05, 0) is 49.4 Å². The van der Waals surface area contributed by atoms with Gasteiger partial charge in [-0.25, -0.2) is 4.39 Å². The van der Waals surface area contributed by atoms with Crippen molar-refractivity contribution in [3.05, 3.63) is 65.5 Å². The fraction of sp³-hybridized carbons (Fsp3) is 0.455. The molecule has 156 valence electrons. The summed E-state index contributed by atoms with van der Waals surface area (Å²) in [5, 5.41) is 11.3. The van der Waals surface area contributed by atoms with Gasteiger partial charge in [0.25, 0.3) is 0 Å². The third kappa shape index (κ3) is 4.41. The molecule has 2 fully saturated rings. The fourth-order valence-corrected chi connectivity index (χ4v) is 4.85. The Bertz CT molecular complexity index is 842. The van der Waals surface area contributed by atoms with E-state index in [4.69, 9.17) is 0 Å². The molecule has 2 unspecified atom stereocenters. The molecule has 2 saturated heterocycles. The van der Waals surface area contributed by atoms with Crippen LogP contribution in [0.3, 0.4) is 0 Å². The Morgan fingerprint density at radius 3 is 2.31 bits per heavy atom. The van der Waals surface area contributed by atoms with Crippen molar-refractivity contribution in [2.24, 2.45) is 0 Å². The Balaban J connectivity index is 1.59. The standard InChI is InChI=1S/C22H23F4NO2/c23-20-10-9-18(29-22(24,25)26)11-19(20)21(28)12-16-7-4-8-17(13-21)27(16)14-15-5-2-1-3-6-15/h1-3,5-6,9-11,16-17,28H,4,7-8,12-14H2. The predicted molar refractivity (Wildman–Crippen MR) is 99.6 cm³/mol. The summed E-state index contributed by atoms with van der Waals surface area (Å²) in [4.78, 5) is 2.35. The SMILES string of the molecule is OC1(c2cc(OC(F)(F)F)ccc2F)CC2CCCC(C1)N2Cc1ccccc1. The highest BCUT2D eigenvalue weighted by molar-refractivity contribution is 5.35. The van der Waals surface area contributed by atoms with Crippen LogP contribution < -0.4 is 4.74 Å². The summed E-state index contributed by atoms with van der Waals surface area (Å²) in [6, 6.07) is 13.0. The van der Waals surface area contributed by atoms with Crippen LogP contribution >= 0.6 is 0 Å². The van der Waals surface area contributed by atoms with Crippen LogP contribution in [-0.2, 0) is 12.1 Å². The van der Waals surface area contributed by atoms with E-state index in [2.05, 4.69) is 9.64 Å². The zero-order valence-corrected chi connectivity index (χ0v) is 15.8. The molecule has 0 aliphatic carbocycles. The van der Waals surface area contributed by atoms with Crippen molar-refractivity contribution in [3.63, 3.8) is 0 Å². The van der Waals surface area contributed by atoms with Crippen molar-refractivity contribution in [3.8, 4) is 5.75 Å². The van der Waals surface area contributed by atoms with E-state index in [1.54, 1.807) is 0 Å². The van der Waals surface area contributed by atoms with Crippen molar-refractivity contribution < 1.29 is 27.4 Å². The van der Waals surface area contributed by atoms with Gasteiger partial charge in [-0.3, -0.25) is 4.90 Å². The zero-order chi connectivity index (χ0) is 20.6. The van der Waals surface area contributed by atoms with Crippen LogP contribution in [0.25, 0.3) is 0 Å². The largest absolute Gasteiger partial charge is 0.573 e. The second-order valence-electron chi connectivity index (χ2n) is 8.03. The van der Waals surface area contributed by atoms with Gasteiger partial charge in [0.15, 0.2) is 0 Å². The molecule has 2 aromatic rings. The first kappa shape index (κ1) is 20.2. The van der Waals surface area contributed by atoms with Crippen LogP contribution in [0.4, 0.5) is 17.6 Å². The molecule has 2 aromatic carbocycles. The number of halogens is 4. The Hall–Kier alpha value is -2.12. The summed E-state index contributed by atoms with van der Waals surface area (Å²) in [7, 11) is 0. The maximum absolute atomic E-state index is 14.5. The number of aliphatic hydroxyl groups is 1. The van der Waals surface area contributed by atoms with Crippen molar-refractivity contribution >= 4 is 0 Å². The molecule has 4 rings (SSSR count). The second kappa shape index (κ2) is 7.61. The lowest BCUT2D eigenvalue weighted by molar-refractivity contribution is -0.274. The van der Waals surface area contributed by atoms with Gasteiger partial charge in [-0.1, -0.05) is 36.8 Å². The topological polar surface area (TPSA) is 32.7 Å². The minimum Gasteiger partial charge on any atom is -0.406 e. The van der Waals surface area contributed by atoms with E-state index in [0.29, 0.717) is 0 Å². The van der Waals surface area contributed by atoms with Gasteiger partial charge in [0.05, 0.1) is 5.60 Å². The number of hydrogen-bond acceptors (Lipinski definition) is 3. The lowest BCUT2D eigenvalue weighted by Crippen LogP contribution is -2.56. The van der Waals surface area contributed by atoms with Crippen molar-refractivity contribution in [2.75, 3.05) is 0 Å². The van der Waals surface area contributed by atoms with Crippen molar-refractivity contribution in [2.45, 2.75) is 62.7 Å². The second-order valence-corrected chi connectivity index (χ2v) is 8.03. The van der Waals surface area contributed by atoms with Crippen LogP contribution in [0.2, 0.25) is 0 Å². The molecule has 0 aromatic heterocycles. The maximum Gasteiger partial charge on any atom is 0.573 e. The summed E-state index contributed by atoms with van der Waals surface area (Å²) < 4.78 is 56.2. The van der Waals surface area contributed by atoms with Crippen LogP contribution in [0.5, 0.6) is 5.75 Å². The highest BCUT2D eigenvalue weighted by Gasteiger charge is 2.47. The van der Waals surface area contributed by atoms with Gasteiger partial charge in [0.2, 0.25) is 0 Å². The molecule has 0 saturated carbocycles. The Morgan fingerprint density at radius 2 is 1.69 bits per heavy atom. The summed E-state index contributed by atoms with van der Waals surface area (Å²) in [5.41, 5.74) is -0.463. The van der Waals surface area contributed by atoms with Crippen molar-refractivity contribution in [1.29, 1.82) is 0 Å². The van der Waals surface area contributed by atoms with Gasteiger partial charge in [-0.2, -0.15) is 0 Å². The highest BCUT2D eigenvalue weighted by Crippen LogP contribution is 2.46. The molecule has 1 N–H and O–H groups in total. The van der Waals surface area contributed by atoms with Crippen LogP contribution in [0.15, 0.2) is 48.5 Å². The first-order chi connectivity index (χ1) is 13.7. The molecule has 0 amide bonds. The minimum absolute atomic E-state index is 0.0410. The third-order valence-electron chi connectivity index (χ3n) is 6.04. The number of fused-ring (bicyclic) bond motifs is 2. The van der Waals surface area contributed by atoms with E-state index in [-0.39, 0.29) is 30.5 Å². The van der Waals surface area contributed by atoms with Gasteiger partial charge in [0.1, 0.15) is 11.6 Å². The van der Waals surface area contributed by atoms with Gasteiger partial charge in [0, 0.05) is 24.2 Å². The molecule has 2 atom stereocenters. The summed E-state index contributed by atoms with van der Waals surface area (Å²) in [5.74, 6) is -1.23. The third-order valence-corrected chi connectivity index (χ3v) is 6.04. The van der Waals surface area contributed by atoms with Crippen LogP contribution in [0.1, 0.15) is 43.2 Å². The van der Waals surface area contributed by atoms with Crippen molar-refractivity contribution in [1.82, 2.24) is 4.90 Å². The number of hydrogen-bond donors (Lipinski definition) is 1. The van der Waals surface area contributed by atoms with Gasteiger partial charge >= 0.3 is 6.36 Å². The van der Waals surface area contributed by atoms with E-state index in [1.165, 1.54) is 5.56 Å². The molecular formula is C22H23F4NO2. The molecule has 2 heterocycles. The van der Waals surface area contributed by atoms with E-state index >= 15 is 0 Å². The predicted octanol–water partition coefficient (Wildman–Crippen LogP) is 5.13. The molecule has 3 nitrogen and oxygen atoms in total. The number of nitrogens with zero attached hydrogens (tertiary/aromatic N) is 1. The Kier molecular flexibility index (Phi) is 5.29. The lowest BCUT2D eigenvalue weighted by Gasteiger charge is -2.52. The first-order valence-electron chi connectivity index (χ1n) is 9.81. The maximum atomic E-state index is 14.5. The highest BCUT2D eigenvalue weighted by atomic mass is 19.4. The van der Waals surface area contributed by atoms with Gasteiger partial charge < -0.3 is 9.84 Å². The molecule has 0 radical (unpaired) electrons. The molecule has 2 aliphatic rings. The fourth-order valence-electron chi connectivity index (χ4n) is 4.85. The molecule has 0 spiro atoms. The summed E-state index contributed by atoms with van der Waals surface area (Å²) >= 11 is 0. The van der Waals surface area contributed by atoms with Crippen LogP contribution in [0, 0.1) is 5.82 Å². The van der Waals surface area contributed by atoms with Gasteiger partial charge in [-0.15, -0.1) is 13.2 Å². The molecule has 7 heteroatoms. The number of alkyl halides is 3. The average molecular weight is 409 g/mol. The summed E-state index contributed by atoms with van der Waals surface area (Å²) in [6.45, 7) is 0.742. The normalized spacial score (nSPS) is 27.6. The first-order valence-corrected chi connectivity index (χ1v) is 9.81. The van der Waals surface area contributed by atoms with E-state index < -0.39 is 23.5 Å². The number of piperidine rings is 2. The molecule has 2 bridgehead atoms. The molecular weight excluding hydrogens is 386 g/mol. The average Bonchev–Trinajstić information content (AvgIpc) is 2.64. The van der Waals surface area contributed by atoms with E-state index in [1.807, 2.05) is 30.3 Å². The number of ether oxygens (including phenoxy) is 1. The molecule has 29 heavy (non-hydrogen) atoms. The number of benzene rings is 2.